The number of benzene rings is 1. The topological polar surface area (TPSA) is 60.9 Å². The fraction of sp³-hybridized carbons (Fsp3) is 0.550. The summed E-state index contributed by atoms with van der Waals surface area (Å²) in [6.45, 7) is 7.58. The number of carbonyl (C=O) groups excluding carboxylic acids is 3. The van der Waals surface area contributed by atoms with E-state index in [0.29, 0.717) is 25.2 Å². The van der Waals surface area contributed by atoms with Crippen molar-refractivity contribution in [3.8, 4) is 0 Å². The molecule has 0 saturated carbocycles. The number of piperidine rings is 1. The zero-order valence-corrected chi connectivity index (χ0v) is 15.8. The van der Waals surface area contributed by atoms with E-state index in [1.807, 2.05) is 23.1 Å². The number of carbonyl (C=O) groups is 3. The van der Waals surface area contributed by atoms with Gasteiger partial charge in [-0.2, -0.15) is 0 Å². The first-order chi connectivity index (χ1) is 12.3. The second kappa shape index (κ2) is 7.09. The third-order valence-electron chi connectivity index (χ3n) is 4.95. The molecule has 0 bridgehead atoms. The first-order valence-corrected chi connectivity index (χ1v) is 9.23. The normalized spacial score (nSPS) is 19.4. The Morgan fingerprint density at radius 3 is 2.27 bits per heavy atom. The lowest BCUT2D eigenvalue weighted by Crippen LogP contribution is -2.48. The molecule has 1 aromatic carbocycles. The van der Waals surface area contributed by atoms with Gasteiger partial charge in [-0.25, -0.2) is 9.69 Å². The molecule has 2 aliphatic heterocycles. The summed E-state index contributed by atoms with van der Waals surface area (Å²) in [6, 6.07) is 8.80. The van der Waals surface area contributed by atoms with Gasteiger partial charge in [-0.05, 0) is 30.4 Å². The molecule has 26 heavy (non-hydrogen) atoms. The maximum absolute atomic E-state index is 12.8. The zero-order chi connectivity index (χ0) is 18.9. The maximum atomic E-state index is 12.8. The van der Waals surface area contributed by atoms with Crippen LogP contribution in [0.4, 0.5) is 10.5 Å². The summed E-state index contributed by atoms with van der Waals surface area (Å²) in [6.07, 6.45) is 1.97. The van der Waals surface area contributed by atoms with Crippen molar-refractivity contribution in [2.45, 2.75) is 46.1 Å². The summed E-state index contributed by atoms with van der Waals surface area (Å²) < 4.78 is 0. The number of imide groups is 1. The van der Waals surface area contributed by atoms with E-state index in [1.165, 1.54) is 4.90 Å². The second-order valence-electron chi connectivity index (χ2n) is 8.32. The Bertz CT molecular complexity index is 688. The van der Waals surface area contributed by atoms with Gasteiger partial charge < -0.3 is 9.80 Å². The number of urea groups is 1. The van der Waals surface area contributed by atoms with Crippen molar-refractivity contribution in [2.24, 2.45) is 5.41 Å². The molecule has 4 amide bonds. The van der Waals surface area contributed by atoms with Gasteiger partial charge in [0.25, 0.3) is 5.91 Å². The van der Waals surface area contributed by atoms with Gasteiger partial charge in [-0.3, -0.25) is 9.59 Å². The standard InChI is InChI=1S/C20H27N3O3/c1-20(2,3)13-17(24)21-11-9-15(10-12-21)22-14-18(25)23(19(22)26)16-7-5-4-6-8-16/h4-8,15H,9-14H2,1-3H3. The molecule has 0 aromatic heterocycles. The van der Waals surface area contributed by atoms with Gasteiger partial charge in [-0.15, -0.1) is 0 Å². The van der Waals surface area contributed by atoms with E-state index in [2.05, 4.69) is 20.8 Å². The van der Waals surface area contributed by atoms with Crippen molar-refractivity contribution in [1.29, 1.82) is 0 Å². The predicted molar refractivity (Wildman–Crippen MR) is 99.7 cm³/mol. The highest BCUT2D eigenvalue weighted by Crippen LogP contribution is 2.27. The van der Waals surface area contributed by atoms with Crippen molar-refractivity contribution < 1.29 is 14.4 Å². The molecule has 1 aromatic rings. The van der Waals surface area contributed by atoms with E-state index in [-0.39, 0.29) is 35.8 Å². The lowest BCUT2D eigenvalue weighted by atomic mass is 9.91. The summed E-state index contributed by atoms with van der Waals surface area (Å²) in [5, 5.41) is 0. The van der Waals surface area contributed by atoms with Crippen molar-refractivity contribution >= 4 is 23.5 Å². The summed E-state index contributed by atoms with van der Waals surface area (Å²) in [4.78, 5) is 42.3. The van der Waals surface area contributed by atoms with Crippen LogP contribution in [0, 0.1) is 5.41 Å². The molecule has 0 N–H and O–H groups in total. The molecule has 0 atom stereocenters. The third-order valence-corrected chi connectivity index (χ3v) is 4.95. The van der Waals surface area contributed by atoms with Crippen LogP contribution in [0.15, 0.2) is 30.3 Å². The molecule has 0 aliphatic carbocycles. The van der Waals surface area contributed by atoms with E-state index in [9.17, 15) is 14.4 Å². The Balaban J connectivity index is 1.61. The lowest BCUT2D eigenvalue weighted by molar-refractivity contribution is -0.134. The SMILES string of the molecule is CC(C)(C)CC(=O)N1CCC(N2CC(=O)N(c3ccccc3)C2=O)CC1. The highest BCUT2D eigenvalue weighted by molar-refractivity contribution is 6.19. The van der Waals surface area contributed by atoms with Crippen LogP contribution in [0.5, 0.6) is 0 Å². The monoisotopic (exact) mass is 357 g/mol. The lowest BCUT2D eigenvalue weighted by Gasteiger charge is -2.37. The minimum Gasteiger partial charge on any atom is -0.343 e. The van der Waals surface area contributed by atoms with Crippen LogP contribution in [0.25, 0.3) is 0 Å². The van der Waals surface area contributed by atoms with Gasteiger partial charge in [0, 0.05) is 25.6 Å². The van der Waals surface area contributed by atoms with Gasteiger partial charge in [0.2, 0.25) is 5.91 Å². The Labute approximate surface area is 154 Å². The Hall–Kier alpha value is -2.37. The molecule has 2 aliphatic rings. The Morgan fingerprint density at radius 2 is 1.69 bits per heavy atom. The number of hydrogen-bond acceptors (Lipinski definition) is 3. The van der Waals surface area contributed by atoms with Crippen molar-refractivity contribution in [2.75, 3.05) is 24.5 Å². The van der Waals surface area contributed by atoms with Gasteiger partial charge in [-0.1, -0.05) is 39.0 Å². The number of anilines is 1. The molecular formula is C20H27N3O3. The smallest absolute Gasteiger partial charge is 0.332 e. The van der Waals surface area contributed by atoms with Crippen LogP contribution in [0.2, 0.25) is 0 Å². The van der Waals surface area contributed by atoms with E-state index < -0.39 is 0 Å². The fourth-order valence-corrected chi connectivity index (χ4v) is 3.63. The molecule has 3 rings (SSSR count). The maximum Gasteiger partial charge on any atom is 0.332 e. The van der Waals surface area contributed by atoms with Crippen LogP contribution in [-0.4, -0.2) is 53.3 Å². The average molecular weight is 357 g/mol. The summed E-state index contributed by atoms with van der Waals surface area (Å²) in [5.41, 5.74) is 0.587. The Morgan fingerprint density at radius 1 is 1.08 bits per heavy atom. The van der Waals surface area contributed by atoms with Gasteiger partial charge >= 0.3 is 6.03 Å². The van der Waals surface area contributed by atoms with Crippen molar-refractivity contribution in [1.82, 2.24) is 9.80 Å². The average Bonchev–Trinajstić information content (AvgIpc) is 2.89. The molecule has 6 heteroatoms. The van der Waals surface area contributed by atoms with Crippen molar-refractivity contribution in [3.05, 3.63) is 30.3 Å². The Kier molecular flexibility index (Phi) is 5.03. The summed E-state index contributed by atoms with van der Waals surface area (Å²) >= 11 is 0. The number of amides is 4. The molecule has 0 spiro atoms. The van der Waals surface area contributed by atoms with E-state index in [0.717, 1.165) is 12.8 Å². The van der Waals surface area contributed by atoms with Gasteiger partial charge in [0.15, 0.2) is 0 Å². The minimum absolute atomic E-state index is 0.0128. The largest absolute Gasteiger partial charge is 0.343 e. The predicted octanol–water partition coefficient (Wildman–Crippen LogP) is 2.88. The number of para-hydroxylation sites is 1. The van der Waals surface area contributed by atoms with Crippen molar-refractivity contribution in [3.63, 3.8) is 0 Å². The third kappa shape index (κ3) is 3.89. The van der Waals surface area contributed by atoms with E-state index in [1.54, 1.807) is 17.0 Å². The van der Waals surface area contributed by atoms with Crippen LogP contribution < -0.4 is 4.90 Å². The molecule has 6 nitrogen and oxygen atoms in total. The molecule has 2 fully saturated rings. The van der Waals surface area contributed by atoms with Gasteiger partial charge in [0.05, 0.1) is 5.69 Å². The number of hydrogen-bond donors (Lipinski definition) is 0. The molecular weight excluding hydrogens is 330 g/mol. The van der Waals surface area contributed by atoms with E-state index >= 15 is 0 Å². The van der Waals surface area contributed by atoms with E-state index in [4.69, 9.17) is 0 Å². The van der Waals surface area contributed by atoms with Crippen LogP contribution >= 0.6 is 0 Å². The summed E-state index contributed by atoms with van der Waals surface area (Å²) in [5.74, 6) is -0.0156. The van der Waals surface area contributed by atoms with Crippen LogP contribution in [0.3, 0.4) is 0 Å². The molecule has 2 heterocycles. The number of likely N-dealkylation sites (tertiary alicyclic amines) is 1. The second-order valence-corrected chi connectivity index (χ2v) is 8.32. The highest BCUT2D eigenvalue weighted by Gasteiger charge is 2.41. The van der Waals surface area contributed by atoms with Crippen LogP contribution in [-0.2, 0) is 9.59 Å². The molecule has 0 radical (unpaired) electrons. The quantitative estimate of drug-likeness (QED) is 0.782. The zero-order valence-electron chi connectivity index (χ0n) is 15.8. The van der Waals surface area contributed by atoms with Crippen LogP contribution in [0.1, 0.15) is 40.0 Å². The fourth-order valence-electron chi connectivity index (χ4n) is 3.63. The highest BCUT2D eigenvalue weighted by atomic mass is 16.2. The number of rotatable bonds is 3. The molecule has 140 valence electrons. The summed E-state index contributed by atoms with van der Waals surface area (Å²) in [7, 11) is 0. The first-order valence-electron chi connectivity index (χ1n) is 9.23. The van der Waals surface area contributed by atoms with Gasteiger partial charge in [0.1, 0.15) is 6.54 Å². The number of nitrogens with zero attached hydrogens (tertiary/aromatic N) is 3. The first kappa shape index (κ1) is 18.4. The molecule has 2 saturated heterocycles. The molecule has 0 unspecified atom stereocenters. The minimum atomic E-state index is -0.249.